The highest BCUT2D eigenvalue weighted by atomic mass is 16.4. The van der Waals surface area contributed by atoms with E-state index in [9.17, 15) is 9.59 Å². The van der Waals surface area contributed by atoms with Crippen LogP contribution in [0, 0.1) is 0 Å². The van der Waals surface area contributed by atoms with Crippen LogP contribution in [0.5, 0.6) is 0 Å². The minimum atomic E-state index is -1.02. The summed E-state index contributed by atoms with van der Waals surface area (Å²) >= 11 is 0. The minimum Gasteiger partial charge on any atom is -0.478 e. The van der Waals surface area contributed by atoms with E-state index in [1.54, 1.807) is 24.3 Å². The Bertz CT molecular complexity index is 970. The van der Waals surface area contributed by atoms with Crippen molar-refractivity contribution in [2.24, 2.45) is 10.2 Å². The van der Waals surface area contributed by atoms with Crippen LogP contribution < -0.4 is 11.3 Å². The van der Waals surface area contributed by atoms with E-state index < -0.39 is 11.5 Å². The molecule has 1 aromatic heterocycles. The third-order valence-corrected chi connectivity index (χ3v) is 3.31. The fourth-order valence-electron chi connectivity index (χ4n) is 2.13. The molecule has 0 aliphatic rings. The van der Waals surface area contributed by atoms with Crippen LogP contribution in [-0.4, -0.2) is 21.3 Å². The number of benzene rings is 2. The van der Waals surface area contributed by atoms with Crippen molar-refractivity contribution < 1.29 is 9.90 Å². The number of carboxylic acid groups (broad SMARTS) is 1. The molecule has 8 heteroatoms. The Labute approximate surface area is 135 Å². The van der Waals surface area contributed by atoms with Crippen molar-refractivity contribution in [3.05, 3.63) is 64.4 Å². The molecule has 0 bridgehead atoms. The summed E-state index contributed by atoms with van der Waals surface area (Å²) in [6.45, 7) is 0. The van der Waals surface area contributed by atoms with Gasteiger partial charge >= 0.3 is 5.97 Å². The van der Waals surface area contributed by atoms with Gasteiger partial charge in [-0.3, -0.25) is 15.0 Å². The molecule has 0 amide bonds. The summed E-state index contributed by atoms with van der Waals surface area (Å²) in [6.07, 6.45) is 0. The summed E-state index contributed by atoms with van der Waals surface area (Å²) in [6, 6.07) is 12.8. The lowest BCUT2D eigenvalue weighted by Gasteiger charge is -2.00. The van der Waals surface area contributed by atoms with Crippen LogP contribution in [0.25, 0.3) is 11.3 Å². The van der Waals surface area contributed by atoms with Crippen LogP contribution in [0.3, 0.4) is 0 Å². The first-order valence-corrected chi connectivity index (χ1v) is 6.96. The Hall–Kier alpha value is -3.68. The Balaban J connectivity index is 1.94. The number of nitrogen functional groups attached to an aromatic ring is 1. The average Bonchev–Trinajstić information content (AvgIpc) is 2.94. The molecule has 0 spiro atoms. The van der Waals surface area contributed by atoms with Gasteiger partial charge in [0.15, 0.2) is 5.69 Å². The molecule has 3 aromatic rings. The molecule has 0 saturated carbocycles. The first kappa shape index (κ1) is 15.2. The number of carboxylic acids is 1. The zero-order chi connectivity index (χ0) is 17.1. The standard InChI is InChI=1S/C16H13N5O3/c17-11-3-1-2-10(8-11)13-14(15(22)21-19-13)20-18-12-6-4-9(5-7-12)16(23)24/h1-8H,17H2,(H,23,24)(H2,19,21,22). The van der Waals surface area contributed by atoms with Gasteiger partial charge in [0.2, 0.25) is 0 Å². The van der Waals surface area contributed by atoms with E-state index in [-0.39, 0.29) is 11.3 Å². The molecule has 0 radical (unpaired) electrons. The maximum Gasteiger partial charge on any atom is 0.335 e. The van der Waals surface area contributed by atoms with Crippen LogP contribution >= 0.6 is 0 Å². The van der Waals surface area contributed by atoms with E-state index >= 15 is 0 Å². The van der Waals surface area contributed by atoms with Crippen LogP contribution in [-0.2, 0) is 0 Å². The van der Waals surface area contributed by atoms with E-state index in [0.29, 0.717) is 22.6 Å². The van der Waals surface area contributed by atoms with Gasteiger partial charge in [-0.1, -0.05) is 12.1 Å². The molecule has 0 fully saturated rings. The number of nitrogens with one attached hydrogen (secondary N) is 2. The van der Waals surface area contributed by atoms with Crippen molar-refractivity contribution in [3.63, 3.8) is 0 Å². The zero-order valence-corrected chi connectivity index (χ0v) is 12.4. The van der Waals surface area contributed by atoms with E-state index in [0.717, 1.165) is 0 Å². The fourth-order valence-corrected chi connectivity index (χ4v) is 2.13. The number of aromatic carboxylic acids is 1. The molecule has 3 rings (SSSR count). The van der Waals surface area contributed by atoms with Gasteiger partial charge in [0.1, 0.15) is 0 Å². The van der Waals surface area contributed by atoms with Crippen LogP contribution in [0.15, 0.2) is 63.6 Å². The first-order valence-electron chi connectivity index (χ1n) is 6.96. The van der Waals surface area contributed by atoms with Crippen LogP contribution in [0.2, 0.25) is 0 Å². The number of carbonyl (C=O) groups is 1. The molecule has 5 N–H and O–H groups in total. The molecule has 8 nitrogen and oxygen atoms in total. The summed E-state index contributed by atoms with van der Waals surface area (Å²) < 4.78 is 0. The largest absolute Gasteiger partial charge is 0.478 e. The number of H-pyrrole nitrogens is 2. The molecule has 24 heavy (non-hydrogen) atoms. The van der Waals surface area contributed by atoms with Crippen molar-refractivity contribution in [1.82, 2.24) is 10.2 Å². The second kappa shape index (κ2) is 6.21. The SMILES string of the molecule is Nc1cccc(-c2[nH][nH]c(=O)c2N=Nc2ccc(C(=O)O)cc2)c1. The Morgan fingerprint density at radius 3 is 2.46 bits per heavy atom. The molecular formula is C16H13N5O3. The highest BCUT2D eigenvalue weighted by Gasteiger charge is 2.11. The van der Waals surface area contributed by atoms with Crippen molar-refractivity contribution in [2.75, 3.05) is 5.73 Å². The number of hydrogen-bond donors (Lipinski definition) is 4. The summed E-state index contributed by atoms with van der Waals surface area (Å²) in [7, 11) is 0. The molecule has 0 atom stereocenters. The van der Waals surface area contributed by atoms with Gasteiger partial charge in [0, 0.05) is 11.3 Å². The molecule has 120 valence electrons. The smallest absolute Gasteiger partial charge is 0.335 e. The van der Waals surface area contributed by atoms with E-state index in [2.05, 4.69) is 20.4 Å². The molecule has 0 unspecified atom stereocenters. The fraction of sp³-hybridized carbons (Fsp3) is 0. The van der Waals surface area contributed by atoms with Crippen molar-refractivity contribution in [3.8, 4) is 11.3 Å². The number of hydrogen-bond acceptors (Lipinski definition) is 5. The topological polar surface area (TPSA) is 137 Å². The van der Waals surface area contributed by atoms with Crippen molar-refractivity contribution in [1.29, 1.82) is 0 Å². The normalized spacial score (nSPS) is 11.0. The predicted molar refractivity (Wildman–Crippen MR) is 88.8 cm³/mol. The quantitative estimate of drug-likeness (QED) is 0.433. The number of rotatable bonds is 4. The number of nitrogens with two attached hydrogens (primary N) is 1. The van der Waals surface area contributed by atoms with Crippen LogP contribution in [0.4, 0.5) is 17.1 Å². The van der Waals surface area contributed by atoms with Gasteiger partial charge in [0.25, 0.3) is 5.56 Å². The lowest BCUT2D eigenvalue weighted by atomic mass is 10.1. The second-order valence-corrected chi connectivity index (χ2v) is 4.98. The van der Waals surface area contributed by atoms with Gasteiger partial charge in [-0.15, -0.1) is 5.11 Å². The summed E-state index contributed by atoms with van der Waals surface area (Å²) in [5.41, 5.74) is 7.75. The monoisotopic (exact) mass is 323 g/mol. The van der Waals surface area contributed by atoms with Crippen molar-refractivity contribution in [2.45, 2.75) is 0 Å². The molecule has 2 aromatic carbocycles. The molecule has 0 aliphatic heterocycles. The third kappa shape index (κ3) is 3.07. The molecule has 0 saturated heterocycles. The maximum absolute atomic E-state index is 11.9. The lowest BCUT2D eigenvalue weighted by Crippen LogP contribution is -1.96. The van der Waals surface area contributed by atoms with Crippen molar-refractivity contribution >= 4 is 23.0 Å². The number of azo groups is 1. The highest BCUT2D eigenvalue weighted by Crippen LogP contribution is 2.27. The second-order valence-electron chi connectivity index (χ2n) is 4.98. The summed E-state index contributed by atoms with van der Waals surface area (Å²) in [4.78, 5) is 22.7. The Morgan fingerprint density at radius 1 is 1.04 bits per heavy atom. The van der Waals surface area contributed by atoms with Gasteiger partial charge in [-0.05, 0) is 36.4 Å². The first-order chi connectivity index (χ1) is 11.5. The van der Waals surface area contributed by atoms with Gasteiger partial charge in [-0.25, -0.2) is 4.79 Å². The van der Waals surface area contributed by atoms with Gasteiger partial charge in [0.05, 0.1) is 16.9 Å². The Morgan fingerprint density at radius 2 is 1.79 bits per heavy atom. The third-order valence-electron chi connectivity index (χ3n) is 3.31. The lowest BCUT2D eigenvalue weighted by molar-refractivity contribution is 0.0697. The zero-order valence-electron chi connectivity index (χ0n) is 12.4. The van der Waals surface area contributed by atoms with Crippen LogP contribution in [0.1, 0.15) is 10.4 Å². The summed E-state index contributed by atoms with van der Waals surface area (Å²) in [5, 5.41) is 22.0. The minimum absolute atomic E-state index is 0.114. The highest BCUT2D eigenvalue weighted by molar-refractivity contribution is 5.87. The van der Waals surface area contributed by atoms with Gasteiger partial charge < -0.3 is 10.8 Å². The van der Waals surface area contributed by atoms with Gasteiger partial charge in [-0.2, -0.15) is 5.11 Å². The van der Waals surface area contributed by atoms with E-state index in [4.69, 9.17) is 10.8 Å². The maximum atomic E-state index is 11.9. The average molecular weight is 323 g/mol. The Kier molecular flexibility index (Phi) is 3.94. The number of anilines is 1. The molecular weight excluding hydrogens is 310 g/mol. The van der Waals surface area contributed by atoms with E-state index in [1.165, 1.54) is 24.3 Å². The molecule has 1 heterocycles. The molecule has 0 aliphatic carbocycles. The number of nitrogens with zero attached hydrogens (tertiary/aromatic N) is 2. The summed E-state index contributed by atoms with van der Waals surface area (Å²) in [5.74, 6) is -1.02. The van der Waals surface area contributed by atoms with E-state index in [1.807, 2.05) is 0 Å². The number of aromatic nitrogens is 2. The number of aromatic amines is 2. The predicted octanol–water partition coefficient (Wildman–Crippen LogP) is 3.07.